The van der Waals surface area contributed by atoms with Gasteiger partial charge in [0, 0.05) is 31.2 Å². The maximum Gasteiger partial charge on any atom is 0.226 e. The molecule has 22 heavy (non-hydrogen) atoms. The van der Waals surface area contributed by atoms with E-state index in [-0.39, 0.29) is 18.1 Å². The first kappa shape index (κ1) is 17.2. The molecule has 0 aliphatic carbocycles. The fourth-order valence-electron chi connectivity index (χ4n) is 2.93. The van der Waals surface area contributed by atoms with Crippen molar-refractivity contribution in [3.05, 3.63) is 34.6 Å². The summed E-state index contributed by atoms with van der Waals surface area (Å²) >= 11 is 5.99. The summed E-state index contributed by atoms with van der Waals surface area (Å²) in [5, 5.41) is 0.314. The van der Waals surface area contributed by atoms with Crippen molar-refractivity contribution in [3.63, 3.8) is 0 Å². The molecule has 3 nitrogen and oxygen atoms in total. The van der Waals surface area contributed by atoms with Gasteiger partial charge in [0.15, 0.2) is 0 Å². The molecule has 1 aromatic carbocycles. The number of halogens is 2. The molecule has 1 aliphatic heterocycles. The standard InChI is InChI=1S/C17H24ClFN2O/c1-12(2)21-7-6-13(11-21)10-20(3)17(22)8-14-4-5-15(19)9-16(14)18/h4-5,9,12-13H,6-8,10-11H2,1-3H3/t13-/m0/s1. The van der Waals surface area contributed by atoms with E-state index in [9.17, 15) is 9.18 Å². The lowest BCUT2D eigenvalue weighted by atomic mass is 10.1. The van der Waals surface area contributed by atoms with Gasteiger partial charge in [0.25, 0.3) is 0 Å². The van der Waals surface area contributed by atoms with E-state index >= 15 is 0 Å². The van der Waals surface area contributed by atoms with Crippen LogP contribution in [0.5, 0.6) is 0 Å². The molecule has 1 aliphatic rings. The van der Waals surface area contributed by atoms with Crippen molar-refractivity contribution in [1.29, 1.82) is 0 Å². The van der Waals surface area contributed by atoms with Crippen molar-refractivity contribution >= 4 is 17.5 Å². The fraction of sp³-hybridized carbons (Fsp3) is 0.588. The maximum atomic E-state index is 13.0. The van der Waals surface area contributed by atoms with E-state index in [2.05, 4.69) is 18.7 Å². The van der Waals surface area contributed by atoms with E-state index in [4.69, 9.17) is 11.6 Å². The molecule has 0 N–H and O–H groups in total. The number of likely N-dealkylation sites (N-methyl/N-ethyl adjacent to an activating group) is 1. The molecule has 1 fully saturated rings. The summed E-state index contributed by atoms with van der Waals surface area (Å²) < 4.78 is 13.0. The van der Waals surface area contributed by atoms with E-state index in [0.29, 0.717) is 22.5 Å². The molecule has 1 atom stereocenters. The maximum absolute atomic E-state index is 13.0. The predicted octanol–water partition coefficient (Wildman–Crippen LogP) is 3.21. The van der Waals surface area contributed by atoms with Crippen LogP contribution in [0, 0.1) is 11.7 Å². The van der Waals surface area contributed by atoms with Crippen molar-refractivity contribution in [2.75, 3.05) is 26.7 Å². The molecule has 0 unspecified atom stereocenters. The minimum Gasteiger partial charge on any atom is -0.345 e. The number of likely N-dealkylation sites (tertiary alicyclic amines) is 1. The van der Waals surface area contributed by atoms with Crippen molar-refractivity contribution in [2.24, 2.45) is 5.92 Å². The van der Waals surface area contributed by atoms with Crippen LogP contribution in [0.15, 0.2) is 18.2 Å². The molecular weight excluding hydrogens is 303 g/mol. The average Bonchev–Trinajstić information content (AvgIpc) is 2.90. The molecule has 0 saturated carbocycles. The van der Waals surface area contributed by atoms with Gasteiger partial charge in [-0.3, -0.25) is 4.79 Å². The lowest BCUT2D eigenvalue weighted by Gasteiger charge is -2.23. The third-order valence-corrected chi connectivity index (χ3v) is 4.71. The molecule has 1 heterocycles. The Morgan fingerprint density at radius 1 is 1.50 bits per heavy atom. The molecule has 0 spiro atoms. The SMILES string of the molecule is CC(C)N1CC[C@@H](CN(C)C(=O)Cc2ccc(F)cc2Cl)C1. The van der Waals surface area contributed by atoms with Gasteiger partial charge in [-0.15, -0.1) is 0 Å². The van der Waals surface area contributed by atoms with E-state index in [1.54, 1.807) is 11.0 Å². The van der Waals surface area contributed by atoms with Crippen LogP contribution in [0.3, 0.4) is 0 Å². The summed E-state index contributed by atoms with van der Waals surface area (Å²) in [6, 6.07) is 4.73. The summed E-state index contributed by atoms with van der Waals surface area (Å²) in [4.78, 5) is 16.5. The third-order valence-electron chi connectivity index (χ3n) is 4.36. The molecule has 5 heteroatoms. The van der Waals surface area contributed by atoms with Crippen LogP contribution in [0.2, 0.25) is 5.02 Å². The lowest BCUT2D eigenvalue weighted by Crippen LogP contribution is -2.35. The number of carbonyl (C=O) groups is 1. The van der Waals surface area contributed by atoms with E-state index in [1.165, 1.54) is 12.1 Å². The van der Waals surface area contributed by atoms with Gasteiger partial charge in [0.2, 0.25) is 5.91 Å². The molecule has 0 radical (unpaired) electrons. The highest BCUT2D eigenvalue weighted by Gasteiger charge is 2.26. The molecular formula is C17H24ClFN2O. The van der Waals surface area contributed by atoms with Crippen LogP contribution in [0.25, 0.3) is 0 Å². The van der Waals surface area contributed by atoms with Crippen LogP contribution in [-0.2, 0) is 11.2 Å². The summed E-state index contributed by atoms with van der Waals surface area (Å²) in [6.07, 6.45) is 1.35. The van der Waals surface area contributed by atoms with Gasteiger partial charge in [-0.05, 0) is 50.4 Å². The molecule has 122 valence electrons. The number of hydrogen-bond donors (Lipinski definition) is 0. The normalized spacial score (nSPS) is 18.9. The summed E-state index contributed by atoms with van der Waals surface area (Å²) in [5.41, 5.74) is 0.676. The summed E-state index contributed by atoms with van der Waals surface area (Å²) in [6.45, 7) is 7.32. The minimum atomic E-state index is -0.380. The molecule has 0 aromatic heterocycles. The Hall–Kier alpha value is -1.13. The molecule has 1 saturated heterocycles. The fourth-order valence-corrected chi connectivity index (χ4v) is 3.17. The minimum absolute atomic E-state index is 0.0245. The van der Waals surface area contributed by atoms with Gasteiger partial charge in [-0.2, -0.15) is 0 Å². The quantitative estimate of drug-likeness (QED) is 0.829. The Morgan fingerprint density at radius 3 is 2.82 bits per heavy atom. The van der Waals surface area contributed by atoms with E-state index in [1.807, 2.05) is 7.05 Å². The Bertz CT molecular complexity index is 535. The predicted molar refractivity (Wildman–Crippen MR) is 87.6 cm³/mol. The highest BCUT2D eigenvalue weighted by Crippen LogP contribution is 2.21. The molecule has 2 rings (SSSR count). The summed E-state index contributed by atoms with van der Waals surface area (Å²) in [7, 11) is 1.83. The largest absolute Gasteiger partial charge is 0.345 e. The molecule has 0 bridgehead atoms. The highest BCUT2D eigenvalue weighted by atomic mass is 35.5. The van der Waals surface area contributed by atoms with Crippen molar-refractivity contribution < 1.29 is 9.18 Å². The van der Waals surface area contributed by atoms with Crippen LogP contribution in [0.4, 0.5) is 4.39 Å². The number of amides is 1. The zero-order valence-corrected chi connectivity index (χ0v) is 14.2. The Morgan fingerprint density at radius 2 is 2.23 bits per heavy atom. The number of benzene rings is 1. The van der Waals surface area contributed by atoms with Crippen LogP contribution < -0.4 is 0 Å². The Balaban J connectivity index is 1.87. The van der Waals surface area contributed by atoms with Gasteiger partial charge in [-0.1, -0.05) is 17.7 Å². The zero-order valence-electron chi connectivity index (χ0n) is 13.5. The Labute approximate surface area is 137 Å². The van der Waals surface area contributed by atoms with E-state index in [0.717, 1.165) is 26.1 Å². The monoisotopic (exact) mass is 326 g/mol. The summed E-state index contributed by atoms with van der Waals surface area (Å²) in [5.74, 6) is 0.172. The number of hydrogen-bond acceptors (Lipinski definition) is 2. The van der Waals surface area contributed by atoms with Crippen LogP contribution in [-0.4, -0.2) is 48.4 Å². The van der Waals surface area contributed by atoms with E-state index < -0.39 is 0 Å². The lowest BCUT2D eigenvalue weighted by molar-refractivity contribution is -0.129. The first-order valence-electron chi connectivity index (χ1n) is 7.78. The second-order valence-electron chi connectivity index (χ2n) is 6.43. The zero-order chi connectivity index (χ0) is 16.3. The second-order valence-corrected chi connectivity index (χ2v) is 6.84. The first-order chi connectivity index (χ1) is 10.4. The second kappa shape index (κ2) is 7.42. The van der Waals surface area contributed by atoms with Gasteiger partial charge in [0.05, 0.1) is 6.42 Å². The molecule has 1 aromatic rings. The van der Waals surface area contributed by atoms with Gasteiger partial charge < -0.3 is 9.80 Å². The van der Waals surface area contributed by atoms with Gasteiger partial charge in [-0.25, -0.2) is 4.39 Å². The van der Waals surface area contributed by atoms with Crippen LogP contribution in [0.1, 0.15) is 25.8 Å². The van der Waals surface area contributed by atoms with Gasteiger partial charge >= 0.3 is 0 Å². The van der Waals surface area contributed by atoms with Crippen molar-refractivity contribution in [3.8, 4) is 0 Å². The number of rotatable bonds is 5. The molecule has 1 amide bonds. The average molecular weight is 327 g/mol. The van der Waals surface area contributed by atoms with Crippen molar-refractivity contribution in [2.45, 2.75) is 32.7 Å². The first-order valence-corrected chi connectivity index (χ1v) is 8.16. The third kappa shape index (κ3) is 4.43. The number of carbonyl (C=O) groups excluding carboxylic acids is 1. The van der Waals surface area contributed by atoms with Gasteiger partial charge in [0.1, 0.15) is 5.82 Å². The number of nitrogens with zero attached hydrogens (tertiary/aromatic N) is 2. The smallest absolute Gasteiger partial charge is 0.226 e. The van der Waals surface area contributed by atoms with Crippen LogP contribution >= 0.6 is 11.6 Å². The highest BCUT2D eigenvalue weighted by molar-refractivity contribution is 6.31. The Kier molecular flexibility index (Phi) is 5.81. The van der Waals surface area contributed by atoms with Crippen molar-refractivity contribution in [1.82, 2.24) is 9.80 Å². The topological polar surface area (TPSA) is 23.6 Å².